The largest absolute Gasteiger partial charge is 0.495 e. The summed E-state index contributed by atoms with van der Waals surface area (Å²) in [5, 5.41) is 3.89. The molecule has 1 N–H and O–H groups in total. The first-order valence-corrected chi connectivity index (χ1v) is 8.86. The van der Waals surface area contributed by atoms with Crippen LogP contribution in [-0.4, -0.2) is 25.5 Å². The molecule has 1 aliphatic rings. The van der Waals surface area contributed by atoms with Gasteiger partial charge in [-0.15, -0.1) is 0 Å². The minimum absolute atomic E-state index is 0.103. The molecule has 0 unspecified atom stereocenters. The van der Waals surface area contributed by atoms with Crippen molar-refractivity contribution in [2.45, 2.75) is 13.3 Å². The molecule has 0 radical (unpaired) electrons. The van der Waals surface area contributed by atoms with Gasteiger partial charge in [0.1, 0.15) is 5.75 Å². The summed E-state index contributed by atoms with van der Waals surface area (Å²) < 4.78 is 5.24. The van der Waals surface area contributed by atoms with Crippen LogP contribution < -0.4 is 15.0 Å². The lowest BCUT2D eigenvalue weighted by Crippen LogP contribution is -2.28. The number of nitrogens with one attached hydrogen (secondary N) is 1. The number of nitrogens with zero attached hydrogens (tertiary/aromatic N) is 1. The van der Waals surface area contributed by atoms with E-state index in [1.54, 1.807) is 35.2 Å². The Morgan fingerprint density at radius 2 is 2.04 bits per heavy atom. The maximum atomic E-state index is 12.7. The summed E-state index contributed by atoms with van der Waals surface area (Å²) in [6, 6.07) is 10.4. The van der Waals surface area contributed by atoms with Gasteiger partial charge in [-0.05, 0) is 42.8 Å². The molecule has 0 spiro atoms. The average Bonchev–Trinajstić information content (AvgIpc) is 2.99. The molecule has 1 heterocycles. The molecular formula is C19H18Cl2N2O3. The van der Waals surface area contributed by atoms with E-state index in [0.29, 0.717) is 28.0 Å². The molecule has 136 valence electrons. The monoisotopic (exact) mass is 392 g/mol. The first-order chi connectivity index (χ1) is 12.4. The Morgan fingerprint density at radius 3 is 2.77 bits per heavy atom. The zero-order valence-electron chi connectivity index (χ0n) is 14.4. The lowest BCUT2D eigenvalue weighted by molar-refractivity contribution is -0.122. The van der Waals surface area contributed by atoms with Crippen molar-refractivity contribution in [3.8, 4) is 5.75 Å². The second-order valence-corrected chi connectivity index (χ2v) is 6.97. The summed E-state index contributed by atoms with van der Waals surface area (Å²) >= 11 is 12.1. The van der Waals surface area contributed by atoms with Gasteiger partial charge in [-0.2, -0.15) is 0 Å². The average molecular weight is 393 g/mol. The Balaban J connectivity index is 1.77. The van der Waals surface area contributed by atoms with Gasteiger partial charge in [0.2, 0.25) is 11.8 Å². The van der Waals surface area contributed by atoms with Crippen LogP contribution in [0.2, 0.25) is 10.0 Å². The van der Waals surface area contributed by atoms with E-state index in [9.17, 15) is 9.59 Å². The highest BCUT2D eigenvalue weighted by Gasteiger charge is 2.36. The van der Waals surface area contributed by atoms with Crippen LogP contribution >= 0.6 is 23.2 Å². The minimum Gasteiger partial charge on any atom is -0.495 e. The summed E-state index contributed by atoms with van der Waals surface area (Å²) in [6.07, 6.45) is 0.140. The number of anilines is 2. The number of carbonyl (C=O) groups excluding carboxylic acids is 2. The molecule has 0 saturated carbocycles. The molecule has 0 aromatic heterocycles. The van der Waals surface area contributed by atoms with Crippen molar-refractivity contribution in [1.82, 2.24) is 0 Å². The fourth-order valence-corrected chi connectivity index (χ4v) is 3.36. The third-order valence-electron chi connectivity index (χ3n) is 4.45. The number of benzene rings is 2. The zero-order valence-corrected chi connectivity index (χ0v) is 15.9. The maximum Gasteiger partial charge on any atom is 0.229 e. The molecular weight excluding hydrogens is 375 g/mol. The molecule has 1 saturated heterocycles. The van der Waals surface area contributed by atoms with E-state index in [1.165, 1.54) is 7.11 Å². The molecule has 1 fully saturated rings. The third kappa shape index (κ3) is 3.64. The second-order valence-electron chi connectivity index (χ2n) is 6.12. The topological polar surface area (TPSA) is 58.6 Å². The first kappa shape index (κ1) is 18.5. The van der Waals surface area contributed by atoms with E-state index in [0.717, 1.165) is 11.3 Å². The van der Waals surface area contributed by atoms with Crippen molar-refractivity contribution in [2.24, 2.45) is 5.92 Å². The molecule has 2 aromatic carbocycles. The molecule has 1 aliphatic heterocycles. The van der Waals surface area contributed by atoms with Crippen LogP contribution in [-0.2, 0) is 9.59 Å². The molecule has 0 bridgehead atoms. The molecule has 2 amide bonds. The molecule has 0 aliphatic carbocycles. The van der Waals surface area contributed by atoms with E-state index in [2.05, 4.69) is 5.32 Å². The molecule has 2 aromatic rings. The van der Waals surface area contributed by atoms with Gasteiger partial charge in [0.15, 0.2) is 0 Å². The van der Waals surface area contributed by atoms with E-state index < -0.39 is 5.92 Å². The van der Waals surface area contributed by atoms with Gasteiger partial charge in [0.05, 0.1) is 18.7 Å². The quantitative estimate of drug-likeness (QED) is 0.843. The van der Waals surface area contributed by atoms with Gasteiger partial charge in [-0.1, -0.05) is 29.3 Å². The Morgan fingerprint density at radius 1 is 1.27 bits per heavy atom. The highest BCUT2D eigenvalue weighted by molar-refractivity contribution is 6.32. The van der Waals surface area contributed by atoms with Crippen molar-refractivity contribution in [1.29, 1.82) is 0 Å². The SMILES string of the molecule is COc1ccc(Cl)cc1NC(=O)[C@@H]1CC(=O)N(c2cccc(Cl)c2C)C1. The smallest absolute Gasteiger partial charge is 0.229 e. The van der Waals surface area contributed by atoms with Crippen LogP contribution in [0.5, 0.6) is 5.75 Å². The van der Waals surface area contributed by atoms with E-state index in [-0.39, 0.29) is 18.2 Å². The Labute approximate surface area is 161 Å². The van der Waals surface area contributed by atoms with Crippen molar-refractivity contribution in [2.75, 3.05) is 23.9 Å². The fraction of sp³-hybridized carbons (Fsp3) is 0.263. The standard InChI is InChI=1S/C19H18Cl2N2O3/c1-11-14(21)4-3-5-16(11)23-10-12(8-18(23)24)19(25)22-15-9-13(20)6-7-17(15)26-2/h3-7,9,12H,8,10H2,1-2H3,(H,22,25)/t12-/m1/s1. The van der Waals surface area contributed by atoms with Crippen LogP contribution in [0.4, 0.5) is 11.4 Å². The summed E-state index contributed by atoms with van der Waals surface area (Å²) in [6.45, 7) is 2.16. The van der Waals surface area contributed by atoms with Crippen molar-refractivity contribution in [3.05, 3.63) is 52.0 Å². The number of hydrogen-bond donors (Lipinski definition) is 1. The third-order valence-corrected chi connectivity index (χ3v) is 5.09. The van der Waals surface area contributed by atoms with Crippen LogP contribution in [0.1, 0.15) is 12.0 Å². The highest BCUT2D eigenvalue weighted by Crippen LogP contribution is 2.33. The number of amides is 2. The summed E-state index contributed by atoms with van der Waals surface area (Å²) in [5.74, 6) is -0.311. The second kappa shape index (κ2) is 7.56. The van der Waals surface area contributed by atoms with E-state index in [1.807, 2.05) is 13.0 Å². The predicted octanol–water partition coefficient (Wildman–Crippen LogP) is 4.30. The summed E-state index contributed by atoms with van der Waals surface area (Å²) in [5.41, 5.74) is 2.04. The van der Waals surface area contributed by atoms with Gasteiger partial charge < -0.3 is 15.0 Å². The predicted molar refractivity (Wildman–Crippen MR) is 103 cm³/mol. The van der Waals surface area contributed by atoms with Crippen LogP contribution in [0.3, 0.4) is 0 Å². The highest BCUT2D eigenvalue weighted by atomic mass is 35.5. The van der Waals surface area contributed by atoms with Crippen molar-refractivity contribution < 1.29 is 14.3 Å². The maximum absolute atomic E-state index is 12.7. The fourth-order valence-electron chi connectivity index (χ4n) is 3.02. The molecule has 7 heteroatoms. The number of methoxy groups -OCH3 is 1. The minimum atomic E-state index is -0.468. The summed E-state index contributed by atoms with van der Waals surface area (Å²) in [7, 11) is 1.52. The molecule has 1 atom stereocenters. The Kier molecular flexibility index (Phi) is 5.39. The number of carbonyl (C=O) groups is 2. The van der Waals surface area contributed by atoms with Crippen LogP contribution in [0.15, 0.2) is 36.4 Å². The number of ether oxygens (including phenoxy) is 1. The normalized spacial score (nSPS) is 16.7. The van der Waals surface area contributed by atoms with Crippen LogP contribution in [0.25, 0.3) is 0 Å². The van der Waals surface area contributed by atoms with E-state index in [4.69, 9.17) is 27.9 Å². The van der Waals surface area contributed by atoms with Crippen LogP contribution in [0, 0.1) is 12.8 Å². The van der Waals surface area contributed by atoms with Gasteiger partial charge >= 0.3 is 0 Å². The summed E-state index contributed by atoms with van der Waals surface area (Å²) in [4.78, 5) is 26.7. The van der Waals surface area contributed by atoms with Gasteiger partial charge in [0.25, 0.3) is 0 Å². The van der Waals surface area contributed by atoms with Crippen molar-refractivity contribution >= 4 is 46.4 Å². The Hall–Kier alpha value is -2.24. The van der Waals surface area contributed by atoms with Gasteiger partial charge in [-0.25, -0.2) is 0 Å². The lowest BCUT2D eigenvalue weighted by atomic mass is 10.1. The lowest BCUT2D eigenvalue weighted by Gasteiger charge is -2.20. The number of hydrogen-bond acceptors (Lipinski definition) is 3. The van der Waals surface area contributed by atoms with Crippen molar-refractivity contribution in [3.63, 3.8) is 0 Å². The van der Waals surface area contributed by atoms with Gasteiger partial charge in [-0.3, -0.25) is 9.59 Å². The Bertz CT molecular complexity index is 870. The number of rotatable bonds is 4. The van der Waals surface area contributed by atoms with Gasteiger partial charge in [0, 0.05) is 28.7 Å². The zero-order chi connectivity index (χ0) is 18.8. The molecule has 5 nitrogen and oxygen atoms in total. The first-order valence-electron chi connectivity index (χ1n) is 8.10. The number of halogens is 2. The molecule has 3 rings (SSSR count). The molecule has 26 heavy (non-hydrogen) atoms. The van der Waals surface area contributed by atoms with E-state index >= 15 is 0 Å².